The summed E-state index contributed by atoms with van der Waals surface area (Å²) in [7, 11) is 0. The van der Waals surface area contributed by atoms with Crippen LogP contribution < -0.4 is 5.56 Å². The molecule has 0 aromatic carbocycles. The first kappa shape index (κ1) is 16.4. The Bertz CT molecular complexity index is 541. The van der Waals surface area contributed by atoms with Crippen LogP contribution in [0.2, 0.25) is 0 Å². The van der Waals surface area contributed by atoms with Crippen LogP contribution in [0.5, 0.6) is 0 Å². The number of esters is 1. The fourth-order valence-electron chi connectivity index (χ4n) is 1.55. The van der Waals surface area contributed by atoms with Crippen molar-refractivity contribution in [3.05, 3.63) is 22.1 Å². The van der Waals surface area contributed by atoms with Crippen LogP contribution in [0, 0.1) is 0 Å². The second-order valence-corrected chi connectivity index (χ2v) is 5.25. The summed E-state index contributed by atoms with van der Waals surface area (Å²) in [5, 5.41) is -0.746. The molecule has 6 nitrogen and oxygen atoms in total. The molecular formula is C13H18N2O4S. The lowest BCUT2D eigenvalue weighted by Gasteiger charge is -2.11. The van der Waals surface area contributed by atoms with Gasteiger partial charge in [-0.25, -0.2) is 4.98 Å². The van der Waals surface area contributed by atoms with E-state index in [1.165, 1.54) is 13.0 Å². The van der Waals surface area contributed by atoms with Crippen molar-refractivity contribution in [2.75, 3.05) is 6.61 Å². The highest BCUT2D eigenvalue weighted by Crippen LogP contribution is 2.21. The molecule has 0 aliphatic rings. The Hall–Kier alpha value is -1.63. The summed E-state index contributed by atoms with van der Waals surface area (Å²) in [5.74, 6) is -0.953. The van der Waals surface area contributed by atoms with Gasteiger partial charge in [0, 0.05) is 11.8 Å². The number of aromatic nitrogens is 2. The average Bonchev–Trinajstić information content (AvgIpc) is 2.35. The number of rotatable bonds is 7. The molecule has 0 saturated heterocycles. The number of nitrogens with zero attached hydrogens (tertiary/aromatic N) is 1. The van der Waals surface area contributed by atoms with Gasteiger partial charge in [0.2, 0.25) is 0 Å². The van der Waals surface area contributed by atoms with Gasteiger partial charge in [0.1, 0.15) is 0 Å². The van der Waals surface area contributed by atoms with Crippen molar-refractivity contribution in [3.8, 4) is 0 Å². The van der Waals surface area contributed by atoms with Crippen molar-refractivity contribution in [1.29, 1.82) is 0 Å². The highest BCUT2D eigenvalue weighted by atomic mass is 32.2. The predicted octanol–water partition coefficient (Wildman–Crippen LogP) is 1.34. The number of thioether (sulfide) groups is 1. The maximum Gasteiger partial charge on any atom is 0.327 e. The summed E-state index contributed by atoms with van der Waals surface area (Å²) in [4.78, 5) is 41.5. The number of Topliss-reactive ketones (excluding diaryl/α,β-unsaturated/α-hetero) is 1. The van der Waals surface area contributed by atoms with Gasteiger partial charge in [-0.05, 0) is 20.3 Å². The van der Waals surface area contributed by atoms with Gasteiger partial charge >= 0.3 is 5.97 Å². The van der Waals surface area contributed by atoms with E-state index in [0.717, 1.165) is 18.2 Å². The number of aromatic amines is 1. The van der Waals surface area contributed by atoms with Crippen molar-refractivity contribution in [3.63, 3.8) is 0 Å². The van der Waals surface area contributed by atoms with Crippen molar-refractivity contribution in [1.82, 2.24) is 9.97 Å². The fourth-order valence-corrected chi connectivity index (χ4v) is 2.43. The average molecular weight is 298 g/mol. The standard InChI is InChI=1S/C13H18N2O4S/c1-4-6-9-7-10(17)15-13(14-9)20-11(8(3)16)12(18)19-5-2/h7,11H,4-6H2,1-3H3,(H,14,15,17)/t11-/m0/s1. The number of aryl methyl sites for hydroxylation is 1. The monoisotopic (exact) mass is 298 g/mol. The van der Waals surface area contributed by atoms with Gasteiger partial charge in [0.05, 0.1) is 6.61 Å². The summed E-state index contributed by atoms with van der Waals surface area (Å²) in [6.45, 7) is 5.15. The highest BCUT2D eigenvalue weighted by molar-refractivity contribution is 8.01. The molecule has 1 heterocycles. The van der Waals surface area contributed by atoms with Crippen molar-refractivity contribution in [2.24, 2.45) is 0 Å². The second-order valence-electron chi connectivity index (χ2n) is 4.15. The molecule has 1 rings (SSSR count). The van der Waals surface area contributed by atoms with Gasteiger partial charge in [-0.2, -0.15) is 0 Å². The summed E-state index contributed by atoms with van der Waals surface area (Å²) >= 11 is 0.908. The molecular weight excluding hydrogens is 280 g/mol. The third-order valence-electron chi connectivity index (χ3n) is 2.38. The zero-order valence-corrected chi connectivity index (χ0v) is 12.6. The van der Waals surface area contributed by atoms with Gasteiger partial charge in [-0.15, -0.1) is 0 Å². The van der Waals surface area contributed by atoms with E-state index in [-0.39, 0.29) is 23.1 Å². The number of nitrogens with one attached hydrogen (secondary N) is 1. The predicted molar refractivity (Wildman–Crippen MR) is 75.8 cm³/mol. The first-order valence-electron chi connectivity index (χ1n) is 6.41. The minimum absolute atomic E-state index is 0.197. The van der Waals surface area contributed by atoms with E-state index in [1.54, 1.807) is 6.92 Å². The molecule has 0 aliphatic carbocycles. The summed E-state index contributed by atoms with van der Waals surface area (Å²) < 4.78 is 4.85. The minimum Gasteiger partial charge on any atom is -0.465 e. The normalized spacial score (nSPS) is 11.9. The Morgan fingerprint density at radius 3 is 2.70 bits per heavy atom. The molecule has 0 radical (unpaired) electrons. The maximum absolute atomic E-state index is 11.7. The first-order valence-corrected chi connectivity index (χ1v) is 7.29. The number of carbonyl (C=O) groups excluding carboxylic acids is 2. The molecule has 7 heteroatoms. The lowest BCUT2D eigenvalue weighted by molar-refractivity contribution is -0.144. The molecule has 1 atom stereocenters. The third kappa shape index (κ3) is 4.80. The van der Waals surface area contributed by atoms with Gasteiger partial charge in [0.15, 0.2) is 16.2 Å². The smallest absolute Gasteiger partial charge is 0.327 e. The van der Waals surface area contributed by atoms with E-state index in [2.05, 4.69) is 9.97 Å². The number of hydrogen-bond acceptors (Lipinski definition) is 6. The van der Waals surface area contributed by atoms with Gasteiger partial charge in [-0.1, -0.05) is 25.1 Å². The van der Waals surface area contributed by atoms with E-state index in [9.17, 15) is 14.4 Å². The molecule has 1 N–H and O–H groups in total. The van der Waals surface area contributed by atoms with Crippen molar-refractivity contribution < 1.29 is 14.3 Å². The maximum atomic E-state index is 11.7. The molecule has 0 spiro atoms. The topological polar surface area (TPSA) is 89.1 Å². The van der Waals surface area contributed by atoms with E-state index >= 15 is 0 Å². The zero-order valence-electron chi connectivity index (χ0n) is 11.8. The largest absolute Gasteiger partial charge is 0.465 e. The first-order chi connectivity index (χ1) is 9.47. The minimum atomic E-state index is -1.00. The molecule has 0 amide bonds. The highest BCUT2D eigenvalue weighted by Gasteiger charge is 2.27. The Morgan fingerprint density at radius 2 is 2.15 bits per heavy atom. The van der Waals surface area contributed by atoms with Crippen molar-refractivity contribution >= 4 is 23.5 Å². The number of ether oxygens (including phenoxy) is 1. The van der Waals surface area contributed by atoms with Crippen LogP contribution in [0.15, 0.2) is 16.0 Å². The van der Waals surface area contributed by atoms with Crippen LogP contribution in [0.1, 0.15) is 32.9 Å². The van der Waals surface area contributed by atoms with Gasteiger partial charge in [-0.3, -0.25) is 14.4 Å². The zero-order chi connectivity index (χ0) is 15.1. The van der Waals surface area contributed by atoms with Crippen molar-refractivity contribution in [2.45, 2.75) is 44.0 Å². The fraction of sp³-hybridized carbons (Fsp3) is 0.538. The molecule has 1 aromatic rings. The lowest BCUT2D eigenvalue weighted by atomic mass is 10.2. The lowest BCUT2D eigenvalue weighted by Crippen LogP contribution is -2.28. The molecule has 0 unspecified atom stereocenters. The molecule has 1 aromatic heterocycles. The second kappa shape index (κ2) is 7.84. The summed E-state index contributed by atoms with van der Waals surface area (Å²) in [6, 6.07) is 1.42. The molecule has 0 fully saturated rings. The van der Waals surface area contributed by atoms with Crippen LogP contribution in [0.3, 0.4) is 0 Å². The molecule has 110 valence electrons. The Morgan fingerprint density at radius 1 is 1.45 bits per heavy atom. The van der Waals surface area contributed by atoms with E-state index in [4.69, 9.17) is 4.74 Å². The Kier molecular flexibility index (Phi) is 6.44. The number of carbonyl (C=O) groups is 2. The number of H-pyrrole nitrogens is 1. The van der Waals surface area contributed by atoms with Crippen LogP contribution in [0.25, 0.3) is 0 Å². The van der Waals surface area contributed by atoms with Gasteiger partial charge in [0.25, 0.3) is 5.56 Å². The summed E-state index contributed by atoms with van der Waals surface area (Å²) in [5.41, 5.74) is 0.349. The van der Waals surface area contributed by atoms with Crippen LogP contribution in [-0.2, 0) is 20.7 Å². The molecule has 20 heavy (non-hydrogen) atoms. The van der Waals surface area contributed by atoms with E-state index in [0.29, 0.717) is 12.1 Å². The quantitative estimate of drug-likeness (QED) is 0.353. The number of hydrogen-bond donors (Lipinski definition) is 1. The molecule has 0 saturated carbocycles. The van der Waals surface area contributed by atoms with Crippen LogP contribution in [0.4, 0.5) is 0 Å². The SMILES string of the molecule is CCCc1cc(=O)[nH]c(S[C@@H](C(C)=O)C(=O)OCC)n1. The van der Waals surface area contributed by atoms with E-state index < -0.39 is 11.2 Å². The number of ketones is 1. The van der Waals surface area contributed by atoms with Gasteiger partial charge < -0.3 is 9.72 Å². The van der Waals surface area contributed by atoms with E-state index in [1.807, 2.05) is 6.92 Å². The summed E-state index contributed by atoms with van der Waals surface area (Å²) in [6.07, 6.45) is 1.52. The molecule has 0 aliphatic heterocycles. The van der Waals surface area contributed by atoms with Crippen LogP contribution in [-0.4, -0.2) is 33.6 Å². The Labute approximate surface area is 121 Å². The molecule has 0 bridgehead atoms. The van der Waals surface area contributed by atoms with Crippen LogP contribution >= 0.6 is 11.8 Å². The Balaban J connectivity index is 2.96. The third-order valence-corrected chi connectivity index (χ3v) is 3.56.